The summed E-state index contributed by atoms with van der Waals surface area (Å²) in [5.41, 5.74) is 3.31. The largest absolute Gasteiger partial charge is 0.508 e. The summed E-state index contributed by atoms with van der Waals surface area (Å²) in [5.74, 6) is -0.224. The predicted molar refractivity (Wildman–Crippen MR) is 88.8 cm³/mol. The molecule has 0 saturated carbocycles. The van der Waals surface area contributed by atoms with Gasteiger partial charge in [0.05, 0.1) is 6.21 Å². The van der Waals surface area contributed by atoms with Crippen LogP contribution in [0.2, 0.25) is 0 Å². The number of hydrogen-bond acceptors (Lipinski definition) is 4. The van der Waals surface area contributed by atoms with E-state index >= 15 is 0 Å². The van der Waals surface area contributed by atoms with E-state index in [0.717, 1.165) is 10.8 Å². The minimum atomic E-state index is -0.402. The molecule has 23 heavy (non-hydrogen) atoms. The van der Waals surface area contributed by atoms with E-state index in [9.17, 15) is 15.0 Å². The Morgan fingerprint density at radius 2 is 1.70 bits per heavy atom. The van der Waals surface area contributed by atoms with Gasteiger partial charge in [0.1, 0.15) is 11.5 Å². The Balaban J connectivity index is 1.82. The maximum absolute atomic E-state index is 11.9. The Morgan fingerprint density at radius 3 is 2.48 bits per heavy atom. The normalized spacial score (nSPS) is 11.0. The van der Waals surface area contributed by atoms with Crippen molar-refractivity contribution in [1.29, 1.82) is 0 Å². The first-order valence-corrected chi connectivity index (χ1v) is 6.98. The molecule has 3 aromatic rings. The second-order valence-corrected chi connectivity index (χ2v) is 4.97. The van der Waals surface area contributed by atoms with Gasteiger partial charge in [0, 0.05) is 11.1 Å². The summed E-state index contributed by atoms with van der Waals surface area (Å²) in [6, 6.07) is 16.8. The van der Waals surface area contributed by atoms with Crippen LogP contribution in [0.15, 0.2) is 65.8 Å². The third-order valence-electron chi connectivity index (χ3n) is 3.44. The second-order valence-electron chi connectivity index (χ2n) is 4.97. The van der Waals surface area contributed by atoms with E-state index in [4.69, 9.17) is 0 Å². The van der Waals surface area contributed by atoms with Crippen LogP contribution in [-0.2, 0) is 0 Å². The number of carbonyl (C=O) groups is 1. The highest BCUT2D eigenvalue weighted by Crippen LogP contribution is 2.25. The molecule has 5 heteroatoms. The van der Waals surface area contributed by atoms with E-state index in [-0.39, 0.29) is 11.5 Å². The van der Waals surface area contributed by atoms with Gasteiger partial charge in [0.15, 0.2) is 0 Å². The summed E-state index contributed by atoms with van der Waals surface area (Å²) >= 11 is 0. The fourth-order valence-electron chi connectivity index (χ4n) is 2.25. The van der Waals surface area contributed by atoms with Crippen LogP contribution in [-0.4, -0.2) is 22.3 Å². The fourth-order valence-corrected chi connectivity index (χ4v) is 2.25. The van der Waals surface area contributed by atoms with E-state index in [0.29, 0.717) is 11.1 Å². The van der Waals surface area contributed by atoms with Gasteiger partial charge in [-0.05, 0) is 41.1 Å². The van der Waals surface area contributed by atoms with Crippen LogP contribution in [0.1, 0.15) is 15.9 Å². The topological polar surface area (TPSA) is 81.9 Å². The fraction of sp³-hybridized carbons (Fsp3) is 0. The number of nitrogens with one attached hydrogen (secondary N) is 1. The quantitative estimate of drug-likeness (QED) is 0.514. The first-order valence-electron chi connectivity index (χ1n) is 6.98. The van der Waals surface area contributed by atoms with Crippen molar-refractivity contribution in [2.24, 2.45) is 5.10 Å². The Hall–Kier alpha value is -3.34. The standard InChI is InChI=1S/C18H14N2O3/c21-14-8-5-13(6-9-14)18(23)20-19-11-16-15-4-2-1-3-12(15)7-10-17(16)22/h1-11,21-22H,(H,20,23)/b19-11+. The lowest BCUT2D eigenvalue weighted by atomic mass is 10.0. The van der Waals surface area contributed by atoms with Crippen molar-refractivity contribution in [2.75, 3.05) is 0 Å². The molecule has 114 valence electrons. The molecule has 0 aromatic heterocycles. The number of rotatable bonds is 3. The summed E-state index contributed by atoms with van der Waals surface area (Å²) in [7, 11) is 0. The smallest absolute Gasteiger partial charge is 0.271 e. The average Bonchev–Trinajstić information content (AvgIpc) is 2.57. The lowest BCUT2D eigenvalue weighted by Gasteiger charge is -2.05. The van der Waals surface area contributed by atoms with Crippen LogP contribution in [0, 0.1) is 0 Å². The summed E-state index contributed by atoms with van der Waals surface area (Å²) in [4.78, 5) is 11.9. The summed E-state index contributed by atoms with van der Waals surface area (Å²) in [6.45, 7) is 0. The molecule has 5 nitrogen and oxygen atoms in total. The molecule has 0 spiro atoms. The Morgan fingerprint density at radius 1 is 0.957 bits per heavy atom. The average molecular weight is 306 g/mol. The van der Waals surface area contributed by atoms with Crippen molar-refractivity contribution in [1.82, 2.24) is 5.43 Å². The van der Waals surface area contributed by atoms with Gasteiger partial charge in [-0.2, -0.15) is 5.10 Å². The summed E-state index contributed by atoms with van der Waals surface area (Å²) in [5, 5.41) is 24.9. The molecule has 0 aliphatic carbocycles. The van der Waals surface area contributed by atoms with Gasteiger partial charge in [-0.1, -0.05) is 30.3 Å². The SMILES string of the molecule is O=C(N/N=C/c1c(O)ccc2ccccc12)c1ccc(O)cc1. The summed E-state index contributed by atoms with van der Waals surface area (Å²) in [6.07, 6.45) is 1.41. The van der Waals surface area contributed by atoms with Gasteiger partial charge in [-0.25, -0.2) is 5.43 Å². The Bertz CT molecular complexity index is 886. The molecule has 3 rings (SSSR count). The number of hydrogen-bond donors (Lipinski definition) is 3. The van der Waals surface area contributed by atoms with Gasteiger partial charge in [0.2, 0.25) is 0 Å². The summed E-state index contributed by atoms with van der Waals surface area (Å²) < 4.78 is 0. The molecule has 0 atom stereocenters. The number of amides is 1. The number of hydrazone groups is 1. The van der Waals surface area contributed by atoms with Crippen molar-refractivity contribution in [2.45, 2.75) is 0 Å². The van der Waals surface area contributed by atoms with Crippen molar-refractivity contribution >= 4 is 22.9 Å². The number of fused-ring (bicyclic) bond motifs is 1. The molecule has 1 amide bonds. The van der Waals surface area contributed by atoms with Crippen molar-refractivity contribution in [3.05, 3.63) is 71.8 Å². The number of carbonyl (C=O) groups excluding carboxylic acids is 1. The molecule has 0 fully saturated rings. The molecular formula is C18H14N2O3. The van der Waals surface area contributed by atoms with Crippen LogP contribution in [0.4, 0.5) is 0 Å². The van der Waals surface area contributed by atoms with E-state index < -0.39 is 5.91 Å². The molecule has 3 aromatic carbocycles. The van der Waals surface area contributed by atoms with Crippen LogP contribution in [0.25, 0.3) is 10.8 Å². The molecule has 0 aliphatic rings. The highest BCUT2D eigenvalue weighted by molar-refractivity contribution is 6.03. The van der Waals surface area contributed by atoms with Crippen LogP contribution in [0.3, 0.4) is 0 Å². The maximum atomic E-state index is 11.9. The first kappa shape index (κ1) is 14.6. The number of nitrogens with zero attached hydrogens (tertiary/aromatic N) is 1. The van der Waals surface area contributed by atoms with Crippen molar-refractivity contribution in [3.8, 4) is 11.5 Å². The molecule has 0 saturated heterocycles. The molecular weight excluding hydrogens is 292 g/mol. The Labute approximate surface area is 132 Å². The maximum Gasteiger partial charge on any atom is 0.271 e. The van der Waals surface area contributed by atoms with Gasteiger partial charge in [-0.3, -0.25) is 4.79 Å². The van der Waals surface area contributed by atoms with Crippen molar-refractivity contribution in [3.63, 3.8) is 0 Å². The van der Waals surface area contributed by atoms with E-state index in [2.05, 4.69) is 10.5 Å². The van der Waals surface area contributed by atoms with Gasteiger partial charge < -0.3 is 10.2 Å². The van der Waals surface area contributed by atoms with Crippen molar-refractivity contribution < 1.29 is 15.0 Å². The lowest BCUT2D eigenvalue weighted by molar-refractivity contribution is 0.0955. The molecule has 0 radical (unpaired) electrons. The first-order chi connectivity index (χ1) is 11.1. The highest BCUT2D eigenvalue weighted by atomic mass is 16.3. The molecule has 0 aliphatic heterocycles. The zero-order valence-electron chi connectivity index (χ0n) is 12.1. The monoisotopic (exact) mass is 306 g/mol. The molecule has 0 unspecified atom stereocenters. The van der Waals surface area contributed by atoms with E-state index in [1.807, 2.05) is 30.3 Å². The van der Waals surface area contributed by atoms with Gasteiger partial charge in [-0.15, -0.1) is 0 Å². The zero-order valence-corrected chi connectivity index (χ0v) is 12.1. The van der Waals surface area contributed by atoms with Gasteiger partial charge in [0.25, 0.3) is 5.91 Å². The third kappa shape index (κ3) is 3.13. The Kier molecular flexibility index (Phi) is 3.93. The van der Waals surface area contributed by atoms with E-state index in [1.54, 1.807) is 6.07 Å². The predicted octanol–water partition coefficient (Wildman–Crippen LogP) is 3.01. The number of phenolic OH excluding ortho intramolecular Hbond substituents is 2. The number of benzene rings is 3. The minimum Gasteiger partial charge on any atom is -0.508 e. The molecule has 0 bridgehead atoms. The third-order valence-corrected chi connectivity index (χ3v) is 3.44. The lowest BCUT2D eigenvalue weighted by Crippen LogP contribution is -2.17. The number of aromatic hydroxyl groups is 2. The van der Waals surface area contributed by atoms with Crippen LogP contribution >= 0.6 is 0 Å². The number of phenols is 2. The van der Waals surface area contributed by atoms with Crippen LogP contribution in [0.5, 0.6) is 11.5 Å². The van der Waals surface area contributed by atoms with Gasteiger partial charge >= 0.3 is 0 Å². The highest BCUT2D eigenvalue weighted by Gasteiger charge is 2.06. The minimum absolute atomic E-state index is 0.0886. The zero-order chi connectivity index (χ0) is 16.2. The molecule has 0 heterocycles. The van der Waals surface area contributed by atoms with E-state index in [1.165, 1.54) is 30.5 Å². The second kappa shape index (κ2) is 6.19. The molecule has 3 N–H and O–H groups in total. The van der Waals surface area contributed by atoms with Crippen LogP contribution < -0.4 is 5.43 Å².